The second kappa shape index (κ2) is 9.61. The normalized spacial score (nSPS) is 12.2. The molecule has 0 saturated heterocycles. The van der Waals surface area contributed by atoms with Crippen LogP contribution in [0.15, 0.2) is 18.2 Å². The molecule has 0 unspecified atom stereocenters. The van der Waals surface area contributed by atoms with Gasteiger partial charge < -0.3 is 19.5 Å². The van der Waals surface area contributed by atoms with Gasteiger partial charge >= 0.3 is 0 Å². The number of rotatable bonds is 10. The van der Waals surface area contributed by atoms with Crippen molar-refractivity contribution in [2.45, 2.75) is 32.7 Å². The van der Waals surface area contributed by atoms with Gasteiger partial charge in [0.05, 0.1) is 20.3 Å². The number of methoxy groups -OCH3 is 2. The molecule has 0 aliphatic carbocycles. The highest BCUT2D eigenvalue weighted by atomic mass is 16.5. The van der Waals surface area contributed by atoms with Crippen molar-refractivity contribution in [1.29, 1.82) is 0 Å². The van der Waals surface area contributed by atoms with Gasteiger partial charge in [-0.1, -0.05) is 6.07 Å². The molecule has 0 spiro atoms. The quantitative estimate of drug-likeness (QED) is 0.669. The highest BCUT2D eigenvalue weighted by Gasteiger charge is 2.05. The zero-order chi connectivity index (χ0) is 14.8. The standard InChI is InChI=1S/C16H27NO3/c1-5-20-16-11-14(8-9-15(16)19-4)7-6-10-17-13(2)12-18-3/h8-9,11,13,17H,5-7,10,12H2,1-4H3/t13-/m0/s1. The number of hydrogen-bond acceptors (Lipinski definition) is 4. The van der Waals surface area contributed by atoms with Crippen molar-refractivity contribution >= 4 is 0 Å². The second-order valence-electron chi connectivity index (χ2n) is 4.83. The van der Waals surface area contributed by atoms with Gasteiger partial charge in [0.1, 0.15) is 0 Å². The lowest BCUT2D eigenvalue weighted by atomic mass is 10.1. The van der Waals surface area contributed by atoms with E-state index in [1.165, 1.54) is 5.56 Å². The molecule has 0 heterocycles. The molecule has 114 valence electrons. The van der Waals surface area contributed by atoms with Crippen molar-refractivity contribution in [2.75, 3.05) is 34.0 Å². The number of ether oxygens (including phenoxy) is 3. The smallest absolute Gasteiger partial charge is 0.161 e. The Morgan fingerprint density at radius 2 is 2.00 bits per heavy atom. The van der Waals surface area contributed by atoms with Gasteiger partial charge in [-0.15, -0.1) is 0 Å². The Bertz CT molecular complexity index is 382. The van der Waals surface area contributed by atoms with Crippen molar-refractivity contribution in [3.8, 4) is 11.5 Å². The summed E-state index contributed by atoms with van der Waals surface area (Å²) in [6.07, 6.45) is 2.11. The fraction of sp³-hybridized carbons (Fsp3) is 0.625. The molecule has 0 fully saturated rings. The minimum absolute atomic E-state index is 0.398. The van der Waals surface area contributed by atoms with Crippen LogP contribution in [0.4, 0.5) is 0 Å². The minimum Gasteiger partial charge on any atom is -0.493 e. The molecule has 20 heavy (non-hydrogen) atoms. The highest BCUT2D eigenvalue weighted by Crippen LogP contribution is 2.28. The Labute approximate surface area is 122 Å². The SMILES string of the molecule is CCOc1cc(CCCN[C@@H](C)COC)ccc1OC. The second-order valence-corrected chi connectivity index (χ2v) is 4.83. The number of benzene rings is 1. The average molecular weight is 281 g/mol. The molecule has 1 N–H and O–H groups in total. The van der Waals surface area contributed by atoms with Gasteiger partial charge in [-0.3, -0.25) is 0 Å². The van der Waals surface area contributed by atoms with Crippen LogP contribution in [0.3, 0.4) is 0 Å². The Kier molecular flexibility index (Phi) is 8.07. The lowest BCUT2D eigenvalue weighted by Crippen LogP contribution is -2.31. The van der Waals surface area contributed by atoms with Crippen LogP contribution in [0.2, 0.25) is 0 Å². The van der Waals surface area contributed by atoms with E-state index in [0.717, 1.165) is 37.5 Å². The summed E-state index contributed by atoms with van der Waals surface area (Å²) in [5.74, 6) is 1.62. The maximum atomic E-state index is 5.59. The van der Waals surface area contributed by atoms with Crippen LogP contribution in [-0.2, 0) is 11.2 Å². The molecule has 0 aromatic heterocycles. The summed E-state index contributed by atoms with van der Waals surface area (Å²) in [5, 5.41) is 3.44. The van der Waals surface area contributed by atoms with E-state index in [4.69, 9.17) is 14.2 Å². The molecule has 1 atom stereocenters. The molecule has 0 saturated carbocycles. The van der Waals surface area contributed by atoms with E-state index in [1.807, 2.05) is 13.0 Å². The summed E-state index contributed by atoms with van der Waals surface area (Å²) in [5.41, 5.74) is 1.27. The zero-order valence-electron chi connectivity index (χ0n) is 13.1. The molecular formula is C16H27NO3. The first-order valence-electron chi connectivity index (χ1n) is 7.23. The monoisotopic (exact) mass is 281 g/mol. The average Bonchev–Trinajstić information content (AvgIpc) is 2.44. The topological polar surface area (TPSA) is 39.7 Å². The summed E-state index contributed by atoms with van der Waals surface area (Å²) >= 11 is 0. The van der Waals surface area contributed by atoms with E-state index >= 15 is 0 Å². The van der Waals surface area contributed by atoms with Crippen LogP contribution >= 0.6 is 0 Å². The van der Waals surface area contributed by atoms with Gasteiger partial charge in [0.2, 0.25) is 0 Å². The van der Waals surface area contributed by atoms with Gasteiger partial charge in [0.25, 0.3) is 0 Å². The van der Waals surface area contributed by atoms with Gasteiger partial charge in [-0.25, -0.2) is 0 Å². The first kappa shape index (κ1) is 16.8. The van der Waals surface area contributed by atoms with Crippen molar-refractivity contribution in [3.63, 3.8) is 0 Å². The number of aryl methyl sites for hydroxylation is 1. The predicted molar refractivity (Wildman–Crippen MR) is 81.8 cm³/mol. The maximum absolute atomic E-state index is 5.59. The summed E-state index contributed by atoms with van der Waals surface area (Å²) in [6.45, 7) is 6.49. The Balaban J connectivity index is 2.42. The molecule has 1 rings (SSSR count). The van der Waals surface area contributed by atoms with Gasteiger partial charge in [0.15, 0.2) is 11.5 Å². The van der Waals surface area contributed by atoms with Crippen molar-refractivity contribution in [2.24, 2.45) is 0 Å². The maximum Gasteiger partial charge on any atom is 0.161 e. The Morgan fingerprint density at radius 3 is 2.65 bits per heavy atom. The van der Waals surface area contributed by atoms with Crippen LogP contribution in [-0.4, -0.2) is 40.0 Å². The lowest BCUT2D eigenvalue weighted by molar-refractivity contribution is 0.172. The molecule has 0 radical (unpaired) electrons. The van der Waals surface area contributed by atoms with Crippen LogP contribution in [0.25, 0.3) is 0 Å². The van der Waals surface area contributed by atoms with Crippen LogP contribution < -0.4 is 14.8 Å². The van der Waals surface area contributed by atoms with E-state index < -0.39 is 0 Å². The first-order chi connectivity index (χ1) is 9.71. The van der Waals surface area contributed by atoms with E-state index in [1.54, 1.807) is 14.2 Å². The molecule has 0 aliphatic rings. The van der Waals surface area contributed by atoms with Crippen LogP contribution in [0.5, 0.6) is 11.5 Å². The minimum atomic E-state index is 0.398. The third-order valence-corrected chi connectivity index (χ3v) is 3.08. The molecular weight excluding hydrogens is 254 g/mol. The fourth-order valence-corrected chi connectivity index (χ4v) is 2.09. The molecule has 1 aromatic rings. The first-order valence-corrected chi connectivity index (χ1v) is 7.23. The Hall–Kier alpha value is -1.26. The fourth-order valence-electron chi connectivity index (χ4n) is 2.09. The largest absolute Gasteiger partial charge is 0.493 e. The molecule has 0 bridgehead atoms. The van der Waals surface area contributed by atoms with Crippen molar-refractivity contribution < 1.29 is 14.2 Å². The predicted octanol–water partition coefficient (Wildman–Crippen LogP) is 2.65. The third-order valence-electron chi connectivity index (χ3n) is 3.08. The van der Waals surface area contributed by atoms with Crippen molar-refractivity contribution in [1.82, 2.24) is 5.32 Å². The van der Waals surface area contributed by atoms with Crippen LogP contribution in [0, 0.1) is 0 Å². The molecule has 0 aliphatic heterocycles. The number of hydrogen-bond donors (Lipinski definition) is 1. The lowest BCUT2D eigenvalue weighted by Gasteiger charge is -2.13. The van der Waals surface area contributed by atoms with Gasteiger partial charge in [-0.05, 0) is 50.9 Å². The van der Waals surface area contributed by atoms with Crippen molar-refractivity contribution in [3.05, 3.63) is 23.8 Å². The molecule has 1 aromatic carbocycles. The van der Waals surface area contributed by atoms with Gasteiger partial charge in [0, 0.05) is 13.2 Å². The summed E-state index contributed by atoms with van der Waals surface area (Å²) in [7, 11) is 3.39. The van der Waals surface area contributed by atoms with E-state index in [0.29, 0.717) is 12.6 Å². The molecule has 4 nitrogen and oxygen atoms in total. The third kappa shape index (κ3) is 5.80. The van der Waals surface area contributed by atoms with Crippen LogP contribution in [0.1, 0.15) is 25.8 Å². The van der Waals surface area contributed by atoms with E-state index in [9.17, 15) is 0 Å². The summed E-state index contributed by atoms with van der Waals surface area (Å²) in [6, 6.07) is 6.54. The summed E-state index contributed by atoms with van der Waals surface area (Å²) < 4.78 is 16.0. The number of nitrogens with one attached hydrogen (secondary N) is 1. The van der Waals surface area contributed by atoms with Gasteiger partial charge in [-0.2, -0.15) is 0 Å². The van der Waals surface area contributed by atoms with E-state index in [2.05, 4.69) is 24.4 Å². The highest BCUT2D eigenvalue weighted by molar-refractivity contribution is 5.43. The van der Waals surface area contributed by atoms with E-state index in [-0.39, 0.29) is 0 Å². The Morgan fingerprint density at radius 1 is 1.20 bits per heavy atom. The molecule has 0 amide bonds. The summed E-state index contributed by atoms with van der Waals surface area (Å²) in [4.78, 5) is 0. The molecule has 4 heteroatoms. The zero-order valence-corrected chi connectivity index (χ0v) is 13.1.